The zero-order valence-electron chi connectivity index (χ0n) is 5.63. The summed E-state index contributed by atoms with van der Waals surface area (Å²) >= 11 is 5.49. The van der Waals surface area contributed by atoms with Crippen LogP contribution < -0.4 is 0 Å². The molecule has 0 aromatic carbocycles. The maximum Gasteiger partial charge on any atom is 0.324 e. The summed E-state index contributed by atoms with van der Waals surface area (Å²) in [5.41, 5.74) is 0. The van der Waals surface area contributed by atoms with E-state index in [-0.39, 0.29) is 12.8 Å². The molecule has 1 N–H and O–H groups in total. The molecule has 4 heteroatoms. The number of carboxylic acid groups (broad SMARTS) is 1. The average molecular weight is 165 g/mol. The predicted octanol–water partition coefficient (Wildman–Crippen LogP) is 1.05. The molecule has 0 bridgehead atoms. The van der Waals surface area contributed by atoms with Gasteiger partial charge in [-0.1, -0.05) is 0 Å². The van der Waals surface area contributed by atoms with Crippen LogP contribution in [0.5, 0.6) is 0 Å². The molecule has 58 valence electrons. The van der Waals surface area contributed by atoms with Gasteiger partial charge in [-0.2, -0.15) is 0 Å². The molecule has 0 amide bonds. The van der Waals surface area contributed by atoms with Crippen LogP contribution in [-0.2, 0) is 9.59 Å². The van der Waals surface area contributed by atoms with Crippen molar-refractivity contribution in [2.24, 2.45) is 0 Å². The summed E-state index contributed by atoms with van der Waals surface area (Å²) in [5, 5.41) is 8.42. The Labute approximate surface area is 64.0 Å². The van der Waals surface area contributed by atoms with Gasteiger partial charge in [0.25, 0.3) is 0 Å². The quantitative estimate of drug-likeness (QED) is 0.499. The molecule has 0 saturated heterocycles. The summed E-state index contributed by atoms with van der Waals surface area (Å²) in [4.78, 5) is 18.8. The van der Waals surface area contributed by atoms with Crippen molar-refractivity contribution in [3.05, 3.63) is 0 Å². The second-order valence-corrected chi connectivity index (χ2v) is 3.04. The van der Waals surface area contributed by atoms with E-state index in [0.29, 0.717) is 6.29 Å². The van der Waals surface area contributed by atoms with Crippen LogP contribution in [-0.4, -0.2) is 22.2 Å². The predicted molar refractivity (Wildman–Crippen MR) is 37.2 cm³/mol. The Morgan fingerprint density at radius 2 is 2.30 bits per heavy atom. The van der Waals surface area contributed by atoms with Crippen molar-refractivity contribution < 1.29 is 14.7 Å². The van der Waals surface area contributed by atoms with E-state index in [1.165, 1.54) is 6.92 Å². The van der Waals surface area contributed by atoms with E-state index in [1.807, 2.05) is 0 Å². The van der Waals surface area contributed by atoms with Gasteiger partial charge in [-0.25, -0.2) is 0 Å². The van der Waals surface area contributed by atoms with Crippen molar-refractivity contribution in [1.82, 2.24) is 0 Å². The molecule has 0 aromatic rings. The number of rotatable bonds is 4. The standard InChI is InChI=1S/C6H9ClO3/c1-6(7,5(9)10)3-2-4-8/h4H,2-3H2,1H3,(H,9,10)/t6-/m0/s1. The third-order valence-corrected chi connectivity index (χ3v) is 1.53. The highest BCUT2D eigenvalue weighted by Gasteiger charge is 2.29. The highest BCUT2D eigenvalue weighted by molar-refractivity contribution is 6.33. The van der Waals surface area contributed by atoms with Crippen molar-refractivity contribution in [2.45, 2.75) is 24.6 Å². The maximum atomic E-state index is 10.3. The number of halogens is 1. The van der Waals surface area contributed by atoms with E-state index >= 15 is 0 Å². The second kappa shape index (κ2) is 3.56. The zero-order valence-corrected chi connectivity index (χ0v) is 6.39. The van der Waals surface area contributed by atoms with E-state index in [2.05, 4.69) is 0 Å². The lowest BCUT2D eigenvalue weighted by atomic mass is 10.1. The molecule has 0 aliphatic rings. The summed E-state index contributed by atoms with van der Waals surface area (Å²) in [5.74, 6) is -1.09. The molecule has 0 saturated carbocycles. The molecule has 0 aliphatic heterocycles. The zero-order chi connectivity index (χ0) is 8.20. The summed E-state index contributed by atoms with van der Waals surface area (Å²) in [6.45, 7) is 1.38. The summed E-state index contributed by atoms with van der Waals surface area (Å²) < 4.78 is 0. The number of alkyl halides is 1. The molecule has 0 fully saturated rings. The van der Waals surface area contributed by atoms with Crippen LogP contribution in [0.15, 0.2) is 0 Å². The molecule has 1 atom stereocenters. The molecule has 0 rings (SSSR count). The molecule has 0 unspecified atom stereocenters. The minimum absolute atomic E-state index is 0.174. The third kappa shape index (κ3) is 2.82. The van der Waals surface area contributed by atoms with Gasteiger partial charge in [-0.15, -0.1) is 11.6 Å². The van der Waals surface area contributed by atoms with Crippen LogP contribution >= 0.6 is 11.6 Å². The van der Waals surface area contributed by atoms with Crippen molar-refractivity contribution in [2.75, 3.05) is 0 Å². The molecule has 0 spiro atoms. The van der Waals surface area contributed by atoms with Gasteiger partial charge < -0.3 is 9.90 Å². The lowest BCUT2D eigenvalue weighted by Crippen LogP contribution is -2.28. The number of hydrogen-bond donors (Lipinski definition) is 1. The van der Waals surface area contributed by atoms with Gasteiger partial charge in [0, 0.05) is 6.42 Å². The number of aliphatic carboxylic acids is 1. The van der Waals surface area contributed by atoms with Crippen LogP contribution in [0.2, 0.25) is 0 Å². The molecule has 0 heterocycles. The Balaban J connectivity index is 3.86. The number of carbonyl (C=O) groups is 2. The van der Waals surface area contributed by atoms with Gasteiger partial charge in [0.15, 0.2) is 0 Å². The highest BCUT2D eigenvalue weighted by atomic mass is 35.5. The third-order valence-electron chi connectivity index (χ3n) is 1.18. The number of aldehydes is 1. The number of carbonyl (C=O) groups excluding carboxylic acids is 1. The van der Waals surface area contributed by atoms with E-state index in [1.54, 1.807) is 0 Å². The number of carboxylic acids is 1. The topological polar surface area (TPSA) is 54.4 Å². The summed E-state index contributed by atoms with van der Waals surface area (Å²) in [6, 6.07) is 0. The SMILES string of the molecule is C[C@](Cl)(CCC=O)C(=O)O. The molecule has 0 radical (unpaired) electrons. The smallest absolute Gasteiger partial charge is 0.324 e. The van der Waals surface area contributed by atoms with Crippen molar-refractivity contribution >= 4 is 23.9 Å². The van der Waals surface area contributed by atoms with Crippen LogP contribution in [0.25, 0.3) is 0 Å². The fourth-order valence-corrected chi connectivity index (χ4v) is 0.546. The lowest BCUT2D eigenvalue weighted by molar-refractivity contribution is -0.139. The van der Waals surface area contributed by atoms with E-state index in [4.69, 9.17) is 16.7 Å². The Kier molecular flexibility index (Phi) is 3.36. The second-order valence-electron chi connectivity index (χ2n) is 2.21. The summed E-state index contributed by atoms with van der Waals surface area (Å²) in [7, 11) is 0. The fourth-order valence-electron chi connectivity index (χ4n) is 0.437. The molecular weight excluding hydrogens is 156 g/mol. The normalized spacial score (nSPS) is 15.8. The first-order chi connectivity index (χ1) is 4.50. The molecule has 3 nitrogen and oxygen atoms in total. The Morgan fingerprint density at radius 3 is 2.60 bits per heavy atom. The minimum atomic E-state index is -1.29. The largest absolute Gasteiger partial charge is 0.480 e. The Bertz CT molecular complexity index is 142. The van der Waals surface area contributed by atoms with Crippen molar-refractivity contribution in [3.63, 3.8) is 0 Å². The van der Waals surface area contributed by atoms with Gasteiger partial charge in [0.05, 0.1) is 0 Å². The van der Waals surface area contributed by atoms with Crippen LogP contribution in [0.4, 0.5) is 0 Å². The van der Waals surface area contributed by atoms with Gasteiger partial charge in [0.2, 0.25) is 0 Å². The van der Waals surface area contributed by atoms with Crippen LogP contribution in [0.1, 0.15) is 19.8 Å². The Hall–Kier alpha value is -0.570. The minimum Gasteiger partial charge on any atom is -0.480 e. The first kappa shape index (κ1) is 9.43. The highest BCUT2D eigenvalue weighted by Crippen LogP contribution is 2.20. The van der Waals surface area contributed by atoms with E-state index in [0.717, 1.165) is 0 Å². The maximum absolute atomic E-state index is 10.3. The molecule has 0 aromatic heterocycles. The molecule has 10 heavy (non-hydrogen) atoms. The Morgan fingerprint density at radius 1 is 1.80 bits per heavy atom. The first-order valence-electron chi connectivity index (χ1n) is 2.86. The average Bonchev–Trinajstić information content (AvgIpc) is 1.84. The summed E-state index contributed by atoms with van der Waals surface area (Å²) in [6.07, 6.45) is 1.02. The van der Waals surface area contributed by atoms with Gasteiger partial charge >= 0.3 is 5.97 Å². The van der Waals surface area contributed by atoms with E-state index in [9.17, 15) is 9.59 Å². The van der Waals surface area contributed by atoms with Crippen LogP contribution in [0.3, 0.4) is 0 Å². The first-order valence-corrected chi connectivity index (χ1v) is 3.24. The molecule has 0 aliphatic carbocycles. The van der Waals surface area contributed by atoms with Crippen molar-refractivity contribution in [1.29, 1.82) is 0 Å². The fraction of sp³-hybridized carbons (Fsp3) is 0.667. The monoisotopic (exact) mass is 164 g/mol. The number of hydrogen-bond acceptors (Lipinski definition) is 2. The van der Waals surface area contributed by atoms with Crippen molar-refractivity contribution in [3.8, 4) is 0 Å². The lowest BCUT2D eigenvalue weighted by Gasteiger charge is -2.13. The van der Waals surface area contributed by atoms with Gasteiger partial charge in [-0.3, -0.25) is 4.79 Å². The molecular formula is C6H9ClO3. The van der Waals surface area contributed by atoms with Gasteiger partial charge in [0.1, 0.15) is 11.2 Å². The van der Waals surface area contributed by atoms with E-state index < -0.39 is 10.8 Å². The van der Waals surface area contributed by atoms with Gasteiger partial charge in [-0.05, 0) is 13.3 Å². The van der Waals surface area contributed by atoms with Crippen LogP contribution in [0, 0.1) is 0 Å².